The molecule has 0 nitrogen and oxygen atoms in total. The van der Waals surface area contributed by atoms with Crippen LogP contribution in [0.15, 0.2) is 0 Å². The molecule has 0 atom stereocenters. The van der Waals surface area contributed by atoms with Gasteiger partial charge in [0.1, 0.15) is 0 Å². The number of hydrogen-bond donors (Lipinski definition) is 3. The van der Waals surface area contributed by atoms with Crippen LogP contribution in [0.25, 0.3) is 0 Å². The summed E-state index contributed by atoms with van der Waals surface area (Å²) in [5.41, 5.74) is 0. The van der Waals surface area contributed by atoms with Gasteiger partial charge in [0.25, 0.3) is 0 Å². The quantitative estimate of drug-likeness (QED) is 0.395. The molecule has 0 aromatic rings. The van der Waals surface area contributed by atoms with Gasteiger partial charge >= 0.3 is 0 Å². The van der Waals surface area contributed by atoms with Crippen LogP contribution in [0, 0.1) is 0 Å². The minimum atomic E-state index is 0.621. The number of hydrogen-bond acceptors (Lipinski definition) is 6. The summed E-state index contributed by atoms with van der Waals surface area (Å²) in [5.74, 6) is 9.07. The Kier molecular flexibility index (Phi) is 16.1. The van der Waals surface area contributed by atoms with Crippen LogP contribution < -0.4 is 0 Å². The molecule has 92 valence electrons. The zero-order chi connectivity index (χ0) is 11.4. The van der Waals surface area contributed by atoms with Gasteiger partial charge in [-0.1, -0.05) is 0 Å². The molecule has 0 aliphatic rings. The van der Waals surface area contributed by atoms with Crippen molar-refractivity contribution in [1.82, 2.24) is 0 Å². The molecule has 6 heteroatoms. The fourth-order valence-corrected chi connectivity index (χ4v) is 5.19. The molecule has 0 aromatic carbocycles. The summed E-state index contributed by atoms with van der Waals surface area (Å²) in [4.78, 5) is 0. The largest absolute Gasteiger partial charge is 0.179 e. The third-order valence-corrected chi connectivity index (χ3v) is 7.23. The Morgan fingerprint density at radius 1 is 0.733 bits per heavy atom. The van der Waals surface area contributed by atoms with E-state index in [2.05, 4.69) is 49.6 Å². The van der Waals surface area contributed by atoms with Crippen molar-refractivity contribution in [3.8, 4) is 0 Å². The predicted molar refractivity (Wildman–Crippen MR) is 92.5 cm³/mol. The van der Waals surface area contributed by atoms with Crippen LogP contribution in [-0.2, 0) is 0 Å². The van der Waals surface area contributed by atoms with E-state index in [0.717, 1.165) is 17.3 Å². The molecule has 0 aliphatic heterocycles. The molecule has 0 saturated carbocycles. The fourth-order valence-electron chi connectivity index (χ4n) is 0.823. The van der Waals surface area contributed by atoms with Crippen molar-refractivity contribution in [3.63, 3.8) is 0 Å². The molecular formula is C9H20S6. The van der Waals surface area contributed by atoms with E-state index in [4.69, 9.17) is 0 Å². The summed E-state index contributed by atoms with van der Waals surface area (Å²) in [6.07, 6.45) is 0. The Bertz CT molecular complexity index is 117. The third-order valence-electron chi connectivity index (χ3n) is 1.60. The van der Waals surface area contributed by atoms with Crippen LogP contribution in [0.5, 0.6) is 0 Å². The van der Waals surface area contributed by atoms with E-state index in [-0.39, 0.29) is 0 Å². The maximum atomic E-state index is 4.29. The van der Waals surface area contributed by atoms with Gasteiger partial charge in [-0.2, -0.15) is 73.2 Å². The smallest absolute Gasteiger partial charge is 0.0224 e. The lowest BCUT2D eigenvalue weighted by Crippen LogP contribution is -2.08. The lowest BCUT2D eigenvalue weighted by molar-refractivity contribution is 1.16. The predicted octanol–water partition coefficient (Wildman–Crippen LogP) is 3.34. The summed E-state index contributed by atoms with van der Waals surface area (Å²) in [6.45, 7) is 0. The fraction of sp³-hybridized carbons (Fsp3) is 1.00. The molecule has 0 N–H and O–H groups in total. The van der Waals surface area contributed by atoms with E-state index in [9.17, 15) is 0 Å². The molecule has 15 heavy (non-hydrogen) atoms. The number of rotatable bonds is 11. The van der Waals surface area contributed by atoms with Crippen molar-refractivity contribution in [2.45, 2.75) is 5.25 Å². The first-order chi connectivity index (χ1) is 7.35. The van der Waals surface area contributed by atoms with Gasteiger partial charge in [0, 0.05) is 45.5 Å². The summed E-state index contributed by atoms with van der Waals surface area (Å²) in [5, 5.41) is 0.621. The van der Waals surface area contributed by atoms with Crippen LogP contribution in [0.4, 0.5) is 0 Å². The summed E-state index contributed by atoms with van der Waals surface area (Å²) in [6, 6.07) is 0. The first-order valence-corrected chi connectivity index (χ1v) is 10.2. The highest BCUT2D eigenvalue weighted by Crippen LogP contribution is 2.16. The van der Waals surface area contributed by atoms with Gasteiger partial charge in [0.2, 0.25) is 0 Å². The standard InChI is InChI=1S/C9H20S6/c10-1-2-13-3-4-14-5-6-15-9(7-11)8-12/h9-12H,1-8H2. The molecule has 0 unspecified atom stereocenters. The second-order valence-electron chi connectivity index (χ2n) is 2.81. The SMILES string of the molecule is SCCSCCSCCSC(CS)CS. The highest BCUT2D eigenvalue weighted by Gasteiger charge is 2.03. The van der Waals surface area contributed by atoms with Crippen molar-refractivity contribution in [3.05, 3.63) is 0 Å². The molecule has 0 rings (SSSR count). The van der Waals surface area contributed by atoms with Gasteiger partial charge < -0.3 is 0 Å². The maximum absolute atomic E-state index is 4.29. The molecule has 0 fully saturated rings. The summed E-state index contributed by atoms with van der Waals surface area (Å²) >= 11 is 18.8. The van der Waals surface area contributed by atoms with Gasteiger partial charge in [0.05, 0.1) is 0 Å². The van der Waals surface area contributed by atoms with Crippen LogP contribution in [0.3, 0.4) is 0 Å². The Hall–Kier alpha value is 2.10. The van der Waals surface area contributed by atoms with Crippen LogP contribution in [0.2, 0.25) is 0 Å². The Morgan fingerprint density at radius 3 is 1.80 bits per heavy atom. The molecule has 0 spiro atoms. The van der Waals surface area contributed by atoms with Gasteiger partial charge in [-0.05, 0) is 5.75 Å². The summed E-state index contributed by atoms with van der Waals surface area (Å²) in [7, 11) is 0. The van der Waals surface area contributed by atoms with Gasteiger partial charge in [-0.3, -0.25) is 0 Å². The van der Waals surface area contributed by atoms with Gasteiger partial charge in [-0.15, -0.1) is 0 Å². The molecule has 0 bridgehead atoms. The first-order valence-electron chi connectivity index (χ1n) is 4.94. The normalized spacial score (nSPS) is 11.2. The first kappa shape index (κ1) is 17.1. The summed E-state index contributed by atoms with van der Waals surface area (Å²) < 4.78 is 0. The maximum Gasteiger partial charge on any atom is 0.0224 e. The van der Waals surface area contributed by atoms with Gasteiger partial charge in [-0.25, -0.2) is 0 Å². The average molecular weight is 321 g/mol. The Balaban J connectivity index is 3.04. The second kappa shape index (κ2) is 14.2. The van der Waals surface area contributed by atoms with Crippen molar-refractivity contribution in [2.75, 3.05) is 46.0 Å². The monoisotopic (exact) mass is 320 g/mol. The lowest BCUT2D eigenvalue weighted by Gasteiger charge is -2.10. The van der Waals surface area contributed by atoms with Crippen LogP contribution in [-0.4, -0.2) is 51.3 Å². The number of thiol groups is 3. The molecular weight excluding hydrogens is 301 g/mol. The van der Waals surface area contributed by atoms with Crippen molar-refractivity contribution >= 4 is 73.2 Å². The van der Waals surface area contributed by atoms with Crippen LogP contribution >= 0.6 is 73.2 Å². The zero-order valence-corrected chi connectivity index (χ0v) is 13.9. The van der Waals surface area contributed by atoms with E-state index < -0.39 is 0 Å². The molecule has 0 aromatic heterocycles. The molecule has 0 heterocycles. The third kappa shape index (κ3) is 12.3. The topological polar surface area (TPSA) is 0 Å². The zero-order valence-electron chi connectivity index (χ0n) is 8.80. The average Bonchev–Trinajstić information content (AvgIpc) is 2.27. The lowest BCUT2D eigenvalue weighted by atomic mass is 10.5. The van der Waals surface area contributed by atoms with Crippen LogP contribution in [0.1, 0.15) is 0 Å². The van der Waals surface area contributed by atoms with Gasteiger partial charge in [0.15, 0.2) is 0 Å². The number of thioether (sulfide) groups is 3. The van der Waals surface area contributed by atoms with E-state index >= 15 is 0 Å². The molecule has 0 amide bonds. The highest BCUT2D eigenvalue weighted by atomic mass is 32.2. The Labute approximate surface area is 123 Å². The van der Waals surface area contributed by atoms with Crippen molar-refractivity contribution in [2.24, 2.45) is 0 Å². The van der Waals surface area contributed by atoms with E-state index in [1.807, 2.05) is 23.5 Å². The minimum Gasteiger partial charge on any atom is -0.179 e. The van der Waals surface area contributed by atoms with Crippen molar-refractivity contribution < 1.29 is 0 Å². The van der Waals surface area contributed by atoms with E-state index in [0.29, 0.717) is 5.25 Å². The highest BCUT2D eigenvalue weighted by molar-refractivity contribution is 8.05. The molecule has 0 saturated heterocycles. The minimum absolute atomic E-state index is 0.621. The second-order valence-corrected chi connectivity index (χ2v) is 7.84. The van der Waals surface area contributed by atoms with Crippen molar-refractivity contribution in [1.29, 1.82) is 0 Å². The molecule has 0 aliphatic carbocycles. The molecule has 0 radical (unpaired) electrons. The Morgan fingerprint density at radius 2 is 1.27 bits per heavy atom. The van der Waals surface area contributed by atoms with E-state index in [1.54, 1.807) is 0 Å². The van der Waals surface area contributed by atoms with E-state index in [1.165, 1.54) is 28.8 Å².